The number of aliphatic hydroxyl groups is 28. The molecule has 9 heterocycles. The summed E-state index contributed by atoms with van der Waals surface area (Å²) < 4.78 is 107. The molecule has 9 aliphatic heterocycles. The van der Waals surface area contributed by atoms with Crippen LogP contribution in [0.1, 0.15) is 34.6 Å². The van der Waals surface area contributed by atoms with E-state index in [1.165, 1.54) is 13.8 Å². The SMILES string of the molecule is CC(=O)N[C@H]1[C@H](OC[C@H]2O[C@@H](O[C@@H]([C@H](O)[C@@H](O)CO)[C@H](O)CO)[C@H](O)[C@@H](O[C@@H]3O[C@H](CO)[C@@H](O[C@@H]4O[C@H](CO)[C@H](O)[C@H](O)[C@H]4O)[C@H](O[C@@H]4O[C@@H](C)[C@@H](O)[C@@H](O)[C@@H]4O)[C@H]3NC(C)=O)[C@H]2O)O[C@H](CO)[C@@H](O[C@@H]2O[C@H](CO)[C@H](O)[C@H](O[C@@H]3O[C@H](CO)[C@@H](O)[C@H](O[C@@H]4O[C@H](CO)[C@H](O)[C@H](O)[C@H]4O[C@@H]4O[C@@H](C)[C@@H](O)[C@@H](O)[C@@H]4O)[C@H]3NC(C)=O)[C@H]2O)[C@@H]1O. The van der Waals surface area contributed by atoms with Crippen molar-refractivity contribution < 1.29 is 243 Å². The van der Waals surface area contributed by atoms with Crippen molar-refractivity contribution in [3.8, 4) is 0 Å². The predicted octanol–water partition coefficient (Wildman–Crippen LogP) is -20.7. The zero-order valence-electron chi connectivity index (χ0n) is 63.7. The first-order chi connectivity index (χ1) is 55.7. The van der Waals surface area contributed by atoms with Gasteiger partial charge in [-0.05, 0) is 13.8 Å². The summed E-state index contributed by atoms with van der Waals surface area (Å²) in [5.74, 6) is -2.95. The van der Waals surface area contributed by atoms with E-state index in [4.69, 9.17) is 85.3 Å². The van der Waals surface area contributed by atoms with Gasteiger partial charge < -0.3 is 244 Å². The first-order valence-corrected chi connectivity index (χ1v) is 37.8. The van der Waals surface area contributed by atoms with Gasteiger partial charge in [0, 0.05) is 20.8 Å². The van der Waals surface area contributed by atoms with E-state index < -0.39 is 378 Å². The number of hydrogen-bond donors (Lipinski definition) is 31. The minimum absolute atomic E-state index is 0.913. The van der Waals surface area contributed by atoms with E-state index in [1.54, 1.807) is 0 Å². The molecule has 3 amide bonds. The van der Waals surface area contributed by atoms with E-state index in [0.29, 0.717) is 0 Å². The molecule has 0 saturated carbocycles. The van der Waals surface area contributed by atoms with Gasteiger partial charge >= 0.3 is 0 Å². The molecule has 0 aromatic carbocycles. The third kappa shape index (κ3) is 21.8. The fourth-order valence-corrected chi connectivity index (χ4v) is 15.0. The highest BCUT2D eigenvalue weighted by Crippen LogP contribution is 2.41. The van der Waals surface area contributed by atoms with Crippen LogP contribution in [0.25, 0.3) is 0 Å². The number of amides is 3. The molecule has 9 aliphatic rings. The van der Waals surface area contributed by atoms with Crippen molar-refractivity contribution in [1.82, 2.24) is 16.0 Å². The van der Waals surface area contributed by atoms with Crippen LogP contribution in [0.3, 0.4) is 0 Å². The van der Waals surface area contributed by atoms with Gasteiger partial charge in [0.25, 0.3) is 0 Å². The van der Waals surface area contributed by atoms with Crippen LogP contribution < -0.4 is 16.0 Å². The van der Waals surface area contributed by atoms with Crippen molar-refractivity contribution in [2.75, 3.05) is 59.5 Å². The van der Waals surface area contributed by atoms with Gasteiger partial charge in [-0.2, -0.15) is 0 Å². The minimum Gasteiger partial charge on any atom is -0.394 e. The van der Waals surface area contributed by atoms with E-state index in [-0.39, 0.29) is 0 Å². The molecule has 0 radical (unpaired) electrons. The lowest BCUT2D eigenvalue weighted by Crippen LogP contribution is -2.71. The number of carbonyl (C=O) groups is 3. The Labute approximate surface area is 669 Å². The second kappa shape index (κ2) is 43.2. The highest BCUT2D eigenvalue weighted by molar-refractivity contribution is 5.74. The Hall–Kier alpha value is -3.43. The van der Waals surface area contributed by atoms with Crippen LogP contribution >= 0.6 is 0 Å². The summed E-state index contributed by atoms with van der Waals surface area (Å²) in [7, 11) is 0. The van der Waals surface area contributed by atoms with Gasteiger partial charge in [-0.1, -0.05) is 0 Å². The number of ether oxygens (including phenoxy) is 18. The van der Waals surface area contributed by atoms with E-state index >= 15 is 0 Å². The standard InChI is InChI=1S/C66H113N3O49/c1-15-32(83)41(92)45(96)61(102-15)115-54-31(69-19(5)80)60(109-27(13-77)52(54)113-63-47(98)43(94)35(86)22(8-72)105-63)117-56-39(90)28(110-65(49(56)100)111-50(21(82)7-71)34(85)20(81)6-70)14-101-58-29(67-17(3)78)40(91)51(26(12-76)108-58)112-64-48(99)55(38(89)25(11-75)106-64)116-59-30(68-18(4)79)53(37(88)24(10-74)104-59)114-66-57(44(95)36(87)23(9-73)107-66)118-62-46(97)42(93)33(84)16(2)103-62/h15-16,20-66,70-77,81-100H,6-14H2,1-5H3,(H,67,78)(H,68,79)(H,69,80)/t15-,16-,20-,21+,22+,23+,24+,25+,26+,27+,28+,29+,30+,31+,32+,33+,34+,35-,36-,37+,38-,39-,40+,41+,42+,43-,44-,45-,46-,47+,48+,49+,50+,51+,52+,53+,54+,55-,56-,57+,58+,59-,60-,61-,62-,63-,64-,65-,66-/m0/s1. The molecule has 0 aliphatic carbocycles. The smallest absolute Gasteiger partial charge is 0.217 e. The van der Waals surface area contributed by atoms with Crippen LogP contribution in [0.15, 0.2) is 0 Å². The summed E-state index contributed by atoms with van der Waals surface area (Å²) >= 11 is 0. The molecule has 0 aromatic rings. The zero-order chi connectivity index (χ0) is 87.2. The van der Waals surface area contributed by atoms with Crippen molar-refractivity contribution in [3.63, 3.8) is 0 Å². The third-order valence-corrected chi connectivity index (χ3v) is 21.6. The van der Waals surface area contributed by atoms with Gasteiger partial charge in [-0.25, -0.2) is 0 Å². The van der Waals surface area contributed by atoms with Crippen LogP contribution in [0.4, 0.5) is 0 Å². The topological polar surface area (TPSA) is 820 Å². The van der Waals surface area contributed by atoms with Crippen LogP contribution in [0.5, 0.6) is 0 Å². The molecule has 9 saturated heterocycles. The normalized spacial score (nSPS) is 48.2. The summed E-state index contributed by atoms with van der Waals surface area (Å²) in [4.78, 5) is 39.6. The summed E-state index contributed by atoms with van der Waals surface area (Å²) in [5.41, 5.74) is 0. The summed E-state index contributed by atoms with van der Waals surface area (Å²) in [5, 5.41) is 316. The van der Waals surface area contributed by atoms with Gasteiger partial charge in [0.05, 0.1) is 71.7 Å². The third-order valence-electron chi connectivity index (χ3n) is 21.6. The molecule has 118 heavy (non-hydrogen) atoms. The highest BCUT2D eigenvalue weighted by atomic mass is 16.8. The van der Waals surface area contributed by atoms with Crippen molar-refractivity contribution in [1.29, 1.82) is 0 Å². The second-order valence-electron chi connectivity index (χ2n) is 30.0. The largest absolute Gasteiger partial charge is 0.394 e. The number of carbonyl (C=O) groups excluding carboxylic acids is 3. The Balaban J connectivity index is 0.994. The maximum atomic E-state index is 13.4. The highest BCUT2D eigenvalue weighted by Gasteiger charge is 2.62. The van der Waals surface area contributed by atoms with Crippen LogP contribution in [-0.4, -0.2) is 521 Å². The van der Waals surface area contributed by atoms with Crippen molar-refractivity contribution >= 4 is 17.7 Å². The fourth-order valence-electron chi connectivity index (χ4n) is 15.0. The summed E-state index contributed by atoms with van der Waals surface area (Å²) in [6.07, 6.45) is -95.2. The maximum Gasteiger partial charge on any atom is 0.217 e. The van der Waals surface area contributed by atoms with E-state index in [1.807, 2.05) is 0 Å². The van der Waals surface area contributed by atoms with Crippen molar-refractivity contribution in [2.45, 2.75) is 335 Å². The number of nitrogens with one attached hydrogen (secondary N) is 3. The van der Waals surface area contributed by atoms with Gasteiger partial charge in [-0.15, -0.1) is 0 Å². The Bertz CT molecular complexity index is 3090. The Morgan fingerprint density at radius 1 is 0.288 bits per heavy atom. The van der Waals surface area contributed by atoms with Crippen molar-refractivity contribution in [2.24, 2.45) is 0 Å². The molecule has 0 spiro atoms. The molecule has 31 N–H and O–H groups in total. The molecule has 49 atom stereocenters. The molecular formula is C66H113N3O49. The molecule has 686 valence electrons. The predicted molar refractivity (Wildman–Crippen MR) is 364 cm³/mol. The van der Waals surface area contributed by atoms with Gasteiger partial charge in [0.15, 0.2) is 56.6 Å². The molecule has 9 rings (SSSR count). The molecular weight excluding hydrogens is 1620 g/mol. The molecule has 0 aromatic heterocycles. The van der Waals surface area contributed by atoms with E-state index in [9.17, 15) is 157 Å². The number of rotatable bonds is 33. The lowest BCUT2D eigenvalue weighted by molar-refractivity contribution is -0.391. The second-order valence-corrected chi connectivity index (χ2v) is 30.0. The minimum atomic E-state index is -2.53. The number of aliphatic hydroxyl groups excluding tert-OH is 28. The Kier molecular flexibility index (Phi) is 36.0. The first kappa shape index (κ1) is 98.4. The Morgan fingerprint density at radius 2 is 0.619 bits per heavy atom. The lowest BCUT2D eigenvalue weighted by atomic mass is 9.93. The summed E-state index contributed by atoms with van der Waals surface area (Å²) in [6.45, 7) is -5.15. The van der Waals surface area contributed by atoms with Crippen LogP contribution in [0, 0.1) is 0 Å². The average molecular weight is 1730 g/mol. The molecule has 9 fully saturated rings. The average Bonchev–Trinajstić information content (AvgIpc) is 0.765. The van der Waals surface area contributed by atoms with Crippen LogP contribution in [0.2, 0.25) is 0 Å². The monoisotopic (exact) mass is 1730 g/mol. The molecule has 52 nitrogen and oxygen atoms in total. The maximum absolute atomic E-state index is 13.4. The van der Waals surface area contributed by atoms with E-state index in [2.05, 4.69) is 16.0 Å². The molecule has 0 bridgehead atoms. The molecule has 0 unspecified atom stereocenters. The summed E-state index contributed by atoms with van der Waals surface area (Å²) in [6, 6.07) is -5.92. The van der Waals surface area contributed by atoms with E-state index in [0.717, 1.165) is 20.8 Å². The lowest BCUT2D eigenvalue weighted by Gasteiger charge is -2.51. The Morgan fingerprint density at radius 3 is 1.10 bits per heavy atom. The quantitative estimate of drug-likeness (QED) is 0.0290. The van der Waals surface area contributed by atoms with Gasteiger partial charge in [-0.3, -0.25) is 14.4 Å². The van der Waals surface area contributed by atoms with Gasteiger partial charge in [0.2, 0.25) is 17.7 Å². The fraction of sp³-hybridized carbons (Fsp3) is 0.955. The zero-order valence-corrected chi connectivity index (χ0v) is 63.7. The first-order valence-electron chi connectivity index (χ1n) is 37.8. The van der Waals surface area contributed by atoms with Gasteiger partial charge in [0.1, 0.15) is 232 Å². The van der Waals surface area contributed by atoms with Crippen molar-refractivity contribution in [3.05, 3.63) is 0 Å². The molecule has 52 heteroatoms. The number of hydrogen-bond acceptors (Lipinski definition) is 49. The van der Waals surface area contributed by atoms with Crippen LogP contribution in [-0.2, 0) is 99.6 Å².